The van der Waals surface area contributed by atoms with Crippen molar-refractivity contribution in [2.75, 3.05) is 10.6 Å². The van der Waals surface area contributed by atoms with Crippen molar-refractivity contribution in [3.05, 3.63) is 0 Å². The van der Waals surface area contributed by atoms with Gasteiger partial charge in [-0.05, 0) is 10.4 Å². The third-order valence-corrected chi connectivity index (χ3v) is 2.40. The highest BCUT2D eigenvalue weighted by Gasteiger charge is 2.12. The summed E-state index contributed by atoms with van der Waals surface area (Å²) in [5.41, 5.74) is 10.6. The number of nitrogens with zero attached hydrogens (tertiary/aromatic N) is 10. The molecule has 4 rings (SSSR count). The van der Waals surface area contributed by atoms with Crippen LogP contribution in [0.4, 0.5) is 29.7 Å². The zero-order chi connectivity index (χ0) is 16.2. The molecule has 0 unspecified atom stereocenters. The first-order chi connectivity index (χ1) is 11.8. The van der Waals surface area contributed by atoms with Gasteiger partial charge in [0.2, 0.25) is 17.9 Å². The lowest BCUT2D eigenvalue weighted by Gasteiger charge is -2.04. The van der Waals surface area contributed by atoms with E-state index in [0.29, 0.717) is 5.96 Å². The quantitative estimate of drug-likeness (QED) is 0.226. The first-order valence-corrected chi connectivity index (χ1v) is 6.23. The highest BCUT2D eigenvalue weighted by atomic mass is 15.8. The molecule has 0 bridgehead atoms. The topological polar surface area (TPSA) is 232 Å². The second-order valence-corrected chi connectivity index (χ2v) is 3.96. The van der Waals surface area contributed by atoms with Crippen molar-refractivity contribution in [3.63, 3.8) is 0 Å². The van der Waals surface area contributed by atoms with E-state index in [-0.39, 0.29) is 29.7 Å². The molecule has 1 aliphatic heterocycles. The molecule has 122 valence electrons. The minimum Gasteiger partial charge on any atom is -0.290 e. The Labute approximate surface area is 130 Å². The maximum Gasteiger partial charge on any atom is 0.269 e. The smallest absolute Gasteiger partial charge is 0.269 e. The normalized spacial score (nSPS) is 13.2. The van der Waals surface area contributed by atoms with Gasteiger partial charge in [-0.15, -0.1) is 10.2 Å². The van der Waals surface area contributed by atoms with Gasteiger partial charge >= 0.3 is 0 Å². The van der Waals surface area contributed by atoms with Gasteiger partial charge in [0.15, 0.2) is 0 Å². The number of hydrogen-bond donors (Lipinski definition) is 8. The summed E-state index contributed by atoms with van der Waals surface area (Å²) in [6.07, 6.45) is 0. The molecular weight excluding hydrogens is 324 g/mol. The highest BCUT2D eigenvalue weighted by molar-refractivity contribution is 5.82. The third-order valence-electron chi connectivity index (χ3n) is 2.40. The SMILES string of the molecule is N(=C1NNNN1)c1nc(Nc2nn[nH]n2)nc(Nc2nn[nH]n2)n1. The Bertz CT molecular complexity index is 755. The lowest BCUT2D eigenvalue weighted by molar-refractivity contribution is 0.556. The minimum atomic E-state index is 0.0717. The average molecular weight is 332 g/mol. The van der Waals surface area contributed by atoms with Crippen LogP contribution < -0.4 is 32.6 Å². The Hall–Kier alpha value is -4.06. The molecule has 3 aromatic heterocycles. The van der Waals surface area contributed by atoms with Gasteiger partial charge in [-0.3, -0.25) is 21.5 Å². The number of guanidine groups is 1. The van der Waals surface area contributed by atoms with E-state index in [2.05, 4.69) is 93.7 Å². The van der Waals surface area contributed by atoms with E-state index in [4.69, 9.17) is 0 Å². The molecule has 4 heterocycles. The summed E-state index contributed by atoms with van der Waals surface area (Å²) < 4.78 is 0. The number of aromatic nitrogens is 11. The number of aromatic amines is 2. The molecule has 1 fully saturated rings. The van der Waals surface area contributed by atoms with Crippen LogP contribution in [0.3, 0.4) is 0 Å². The van der Waals surface area contributed by atoms with E-state index >= 15 is 0 Å². The fraction of sp³-hybridized carbons (Fsp3) is 0. The fourth-order valence-electron chi connectivity index (χ4n) is 1.52. The van der Waals surface area contributed by atoms with Gasteiger partial charge in [-0.2, -0.15) is 41.4 Å². The molecule has 1 saturated heterocycles. The zero-order valence-electron chi connectivity index (χ0n) is 11.5. The number of hydrogen-bond acceptors (Lipinski definition) is 14. The van der Waals surface area contributed by atoms with Gasteiger partial charge in [0.05, 0.1) is 0 Å². The molecule has 18 heteroatoms. The van der Waals surface area contributed by atoms with Gasteiger partial charge in [-0.1, -0.05) is 10.2 Å². The van der Waals surface area contributed by atoms with Crippen LogP contribution in [0.2, 0.25) is 0 Å². The zero-order valence-corrected chi connectivity index (χ0v) is 11.5. The molecule has 0 amide bonds. The van der Waals surface area contributed by atoms with Crippen molar-refractivity contribution in [2.24, 2.45) is 4.99 Å². The monoisotopic (exact) mass is 332 g/mol. The third kappa shape index (κ3) is 3.07. The number of anilines is 4. The van der Waals surface area contributed by atoms with Crippen molar-refractivity contribution < 1.29 is 0 Å². The summed E-state index contributed by atoms with van der Waals surface area (Å²) in [6.45, 7) is 0. The minimum absolute atomic E-state index is 0.0717. The lowest BCUT2D eigenvalue weighted by atomic mass is 10.7. The van der Waals surface area contributed by atoms with E-state index in [9.17, 15) is 0 Å². The fourth-order valence-corrected chi connectivity index (χ4v) is 1.52. The molecule has 1 aliphatic rings. The first kappa shape index (κ1) is 13.6. The van der Waals surface area contributed by atoms with Crippen molar-refractivity contribution in [1.82, 2.24) is 78.1 Å². The van der Waals surface area contributed by atoms with Gasteiger partial charge in [0.1, 0.15) is 0 Å². The number of H-pyrrole nitrogens is 2. The summed E-state index contributed by atoms with van der Waals surface area (Å²) in [6, 6.07) is 0. The van der Waals surface area contributed by atoms with Gasteiger partial charge in [-0.25, -0.2) is 0 Å². The van der Waals surface area contributed by atoms with Crippen LogP contribution in [0.5, 0.6) is 0 Å². The Kier molecular flexibility index (Phi) is 3.38. The van der Waals surface area contributed by atoms with Crippen molar-refractivity contribution in [2.45, 2.75) is 0 Å². The van der Waals surface area contributed by atoms with Crippen LogP contribution in [0.1, 0.15) is 0 Å². The van der Waals surface area contributed by atoms with E-state index in [1.807, 2.05) is 0 Å². The van der Waals surface area contributed by atoms with Crippen LogP contribution in [0, 0.1) is 0 Å². The Morgan fingerprint density at radius 3 is 1.79 bits per heavy atom. The molecule has 0 aromatic carbocycles. The van der Waals surface area contributed by atoms with Gasteiger partial charge < -0.3 is 0 Å². The summed E-state index contributed by atoms with van der Waals surface area (Å²) in [5, 5.41) is 31.9. The molecule has 18 nitrogen and oxygen atoms in total. The number of nitrogens with one attached hydrogen (secondary N) is 8. The number of rotatable bonds is 5. The largest absolute Gasteiger partial charge is 0.290 e. The molecule has 24 heavy (non-hydrogen) atoms. The maximum absolute atomic E-state index is 4.14. The lowest BCUT2D eigenvalue weighted by Crippen LogP contribution is -2.33. The van der Waals surface area contributed by atoms with Gasteiger partial charge in [0.25, 0.3) is 17.8 Å². The molecule has 8 N–H and O–H groups in total. The summed E-state index contributed by atoms with van der Waals surface area (Å²) in [7, 11) is 0. The predicted molar refractivity (Wildman–Crippen MR) is 74.4 cm³/mol. The number of aliphatic imine (C=N–C) groups is 1. The van der Waals surface area contributed by atoms with Crippen LogP contribution in [-0.2, 0) is 0 Å². The van der Waals surface area contributed by atoms with Crippen molar-refractivity contribution in [3.8, 4) is 0 Å². The summed E-state index contributed by atoms with van der Waals surface area (Å²) >= 11 is 0. The van der Waals surface area contributed by atoms with E-state index in [0.717, 1.165) is 0 Å². The second kappa shape index (κ2) is 5.98. The number of hydrazine groups is 3. The Morgan fingerprint density at radius 1 is 0.708 bits per heavy atom. The molecule has 0 atom stereocenters. The van der Waals surface area contributed by atoms with E-state index in [1.54, 1.807) is 0 Å². The predicted octanol–water partition coefficient (Wildman–Crippen LogP) is -3.51. The Balaban J connectivity index is 1.65. The highest BCUT2D eigenvalue weighted by Crippen LogP contribution is 2.15. The van der Waals surface area contributed by atoms with E-state index in [1.165, 1.54) is 0 Å². The molecule has 0 saturated carbocycles. The van der Waals surface area contributed by atoms with Crippen LogP contribution in [0.25, 0.3) is 0 Å². The first-order valence-electron chi connectivity index (χ1n) is 6.23. The molecule has 0 spiro atoms. The average Bonchev–Trinajstić information content (AvgIpc) is 3.30. The van der Waals surface area contributed by atoms with Crippen LogP contribution in [-0.4, -0.2) is 62.2 Å². The van der Waals surface area contributed by atoms with E-state index < -0.39 is 0 Å². The molecule has 0 radical (unpaired) electrons. The molecule has 0 aliphatic carbocycles. The standard InChI is InChI=1S/C6H8N18/c7-1(10-4-13-19-20-14-4)8-3(12-6-17-23-24-18-6)9-2(7)11-5-15-21-22-16-5/h19-20H,(H6,7,8,9,10,11,12,13,14,15,16,17,18,21,22,23,24). The molecular formula is C6H8N18. The van der Waals surface area contributed by atoms with Crippen LogP contribution in [0.15, 0.2) is 4.99 Å². The maximum atomic E-state index is 4.14. The van der Waals surface area contributed by atoms with Crippen molar-refractivity contribution >= 4 is 35.7 Å². The van der Waals surface area contributed by atoms with Gasteiger partial charge in [0, 0.05) is 0 Å². The summed E-state index contributed by atoms with van der Waals surface area (Å²) in [5.74, 6) is 1.00. The van der Waals surface area contributed by atoms with Crippen LogP contribution >= 0.6 is 0 Å². The van der Waals surface area contributed by atoms with Crippen molar-refractivity contribution in [1.29, 1.82) is 0 Å². The summed E-state index contributed by atoms with van der Waals surface area (Å²) in [4.78, 5) is 16.5. The number of tetrazole rings is 2. The Morgan fingerprint density at radius 2 is 1.29 bits per heavy atom. The second-order valence-electron chi connectivity index (χ2n) is 3.96. The molecule has 3 aromatic rings.